The first-order valence-electron chi connectivity index (χ1n) is 14.7. The van der Waals surface area contributed by atoms with E-state index in [1.807, 2.05) is 30.3 Å². The van der Waals surface area contributed by atoms with Crippen molar-refractivity contribution in [1.82, 2.24) is 20.6 Å². The predicted molar refractivity (Wildman–Crippen MR) is 159 cm³/mol. The second-order valence-electron chi connectivity index (χ2n) is 12.3. The Hall–Kier alpha value is -3.89. The Bertz CT molecular complexity index is 1210. The van der Waals surface area contributed by atoms with Crippen LogP contribution in [0.2, 0.25) is 0 Å². The first-order valence-corrected chi connectivity index (χ1v) is 14.7. The zero-order valence-corrected chi connectivity index (χ0v) is 25.5. The van der Waals surface area contributed by atoms with Crippen molar-refractivity contribution in [2.75, 3.05) is 11.9 Å². The average molecular weight is 584 g/mol. The lowest BCUT2D eigenvalue weighted by Crippen LogP contribution is -2.59. The number of alkyl carbamates (subject to hydrolysis) is 1. The van der Waals surface area contributed by atoms with E-state index in [2.05, 4.69) is 25.9 Å². The summed E-state index contributed by atoms with van der Waals surface area (Å²) in [6, 6.07) is 8.26. The van der Waals surface area contributed by atoms with Crippen LogP contribution in [0.5, 0.6) is 0 Å². The minimum atomic E-state index is -1.34. The number of rotatable bonds is 11. The van der Waals surface area contributed by atoms with Gasteiger partial charge >= 0.3 is 12.1 Å². The fourth-order valence-corrected chi connectivity index (χ4v) is 4.98. The summed E-state index contributed by atoms with van der Waals surface area (Å²) in [4.78, 5) is 59.6. The molecule has 2 unspecified atom stereocenters. The third-order valence-electron chi connectivity index (χ3n) is 7.07. The molecule has 4 N–H and O–H groups in total. The van der Waals surface area contributed by atoms with Gasteiger partial charge in [-0.1, -0.05) is 62.4 Å². The molecule has 0 bridgehead atoms. The first-order chi connectivity index (χ1) is 19.8. The third-order valence-corrected chi connectivity index (χ3v) is 7.07. The molecule has 1 heterocycles. The second kappa shape index (κ2) is 14.3. The average Bonchev–Trinajstić information content (AvgIpc) is 3.35. The molecule has 2 atom stereocenters. The standard InChI is InChI=1S/C31H45N5O6/c1-7-41-27(38)24(21-16-12-9-13-17-21)25-32-19-23(34-25)35-26(37)22(18-20-14-10-8-11-15-20)33-28(39)31(5,6)36-29(40)42-30(2,3)4/h9,12-13,16-17,19-20,22,24H,7-8,10-11,14-15,18H2,1-6H3,(H,32,34)(H,33,39)(H,35,37)(H,36,40). The molecular weight excluding hydrogens is 538 g/mol. The lowest BCUT2D eigenvalue weighted by molar-refractivity contribution is -0.144. The number of anilines is 1. The van der Waals surface area contributed by atoms with Crippen molar-refractivity contribution in [3.8, 4) is 0 Å². The van der Waals surface area contributed by atoms with Crippen molar-refractivity contribution in [1.29, 1.82) is 0 Å². The molecule has 1 aliphatic rings. The Morgan fingerprint density at radius 3 is 2.31 bits per heavy atom. The highest BCUT2D eigenvalue weighted by Crippen LogP contribution is 2.28. The van der Waals surface area contributed by atoms with Crippen molar-refractivity contribution < 1.29 is 28.7 Å². The van der Waals surface area contributed by atoms with Crippen LogP contribution in [-0.2, 0) is 23.9 Å². The van der Waals surface area contributed by atoms with Crippen molar-refractivity contribution in [2.45, 2.75) is 103 Å². The van der Waals surface area contributed by atoms with Gasteiger partial charge in [0.2, 0.25) is 11.8 Å². The van der Waals surface area contributed by atoms with Crippen LogP contribution >= 0.6 is 0 Å². The molecule has 230 valence electrons. The smallest absolute Gasteiger partial charge is 0.408 e. The van der Waals surface area contributed by atoms with Gasteiger partial charge in [0.15, 0.2) is 5.82 Å². The lowest BCUT2D eigenvalue weighted by Gasteiger charge is -2.31. The lowest BCUT2D eigenvalue weighted by atomic mass is 9.84. The predicted octanol–water partition coefficient (Wildman–Crippen LogP) is 4.80. The van der Waals surface area contributed by atoms with Crippen molar-refractivity contribution in [2.24, 2.45) is 5.92 Å². The molecule has 2 aromatic rings. The number of H-pyrrole nitrogens is 1. The molecule has 1 aromatic carbocycles. The summed E-state index contributed by atoms with van der Waals surface area (Å²) >= 11 is 0. The van der Waals surface area contributed by atoms with Crippen LogP contribution in [0.3, 0.4) is 0 Å². The SMILES string of the molecule is CCOC(=O)C(c1ccccc1)c1nc(NC(=O)C(CC2CCCCC2)NC(=O)C(C)(C)NC(=O)OC(C)(C)C)c[nH]1. The zero-order valence-electron chi connectivity index (χ0n) is 25.5. The molecule has 0 saturated heterocycles. The molecule has 1 fully saturated rings. The Kier molecular flexibility index (Phi) is 11.1. The fraction of sp³-hybridized carbons (Fsp3) is 0.581. The topological polar surface area (TPSA) is 152 Å². The minimum absolute atomic E-state index is 0.216. The molecule has 11 nitrogen and oxygen atoms in total. The summed E-state index contributed by atoms with van der Waals surface area (Å²) in [5.41, 5.74) is -1.37. The summed E-state index contributed by atoms with van der Waals surface area (Å²) in [6.45, 7) is 10.3. The number of carbonyl (C=O) groups excluding carboxylic acids is 4. The highest BCUT2D eigenvalue weighted by atomic mass is 16.6. The van der Waals surface area contributed by atoms with Gasteiger partial charge in [0.1, 0.15) is 28.9 Å². The molecular formula is C31H45N5O6. The van der Waals surface area contributed by atoms with Crippen LogP contribution in [0.25, 0.3) is 0 Å². The van der Waals surface area contributed by atoms with Gasteiger partial charge in [-0.15, -0.1) is 0 Å². The van der Waals surface area contributed by atoms with E-state index in [-0.39, 0.29) is 18.3 Å². The monoisotopic (exact) mass is 583 g/mol. The maximum absolute atomic E-state index is 13.6. The van der Waals surface area contributed by atoms with Gasteiger partial charge in [-0.2, -0.15) is 0 Å². The number of nitrogens with one attached hydrogen (secondary N) is 4. The van der Waals surface area contributed by atoms with E-state index in [0.717, 1.165) is 32.1 Å². The molecule has 3 amide bonds. The number of benzene rings is 1. The summed E-state index contributed by atoms with van der Waals surface area (Å²) in [7, 11) is 0. The second-order valence-corrected chi connectivity index (χ2v) is 12.3. The van der Waals surface area contributed by atoms with Crippen molar-refractivity contribution in [3.05, 3.63) is 47.9 Å². The van der Waals surface area contributed by atoms with E-state index >= 15 is 0 Å². The van der Waals surface area contributed by atoms with Crippen molar-refractivity contribution in [3.63, 3.8) is 0 Å². The first kappa shape index (κ1) is 32.6. The van der Waals surface area contributed by atoms with Crippen LogP contribution in [-0.4, -0.2) is 57.6 Å². The quantitative estimate of drug-likeness (QED) is 0.277. The summed E-state index contributed by atoms with van der Waals surface area (Å²) in [6.07, 6.45) is 6.50. The van der Waals surface area contributed by atoms with Gasteiger partial charge < -0.3 is 30.4 Å². The number of aromatic nitrogens is 2. The minimum Gasteiger partial charge on any atom is -0.465 e. The number of hydrogen-bond acceptors (Lipinski definition) is 7. The van der Waals surface area contributed by atoms with E-state index in [9.17, 15) is 19.2 Å². The normalized spacial score (nSPS) is 15.7. The number of nitrogens with zero attached hydrogens (tertiary/aromatic N) is 1. The Morgan fingerprint density at radius 1 is 1.02 bits per heavy atom. The molecule has 1 saturated carbocycles. The maximum atomic E-state index is 13.6. The number of carbonyl (C=O) groups is 4. The van der Waals surface area contributed by atoms with Crippen LogP contribution in [0.15, 0.2) is 36.5 Å². The van der Waals surface area contributed by atoms with Gasteiger partial charge in [-0.05, 0) is 59.4 Å². The number of esters is 1. The van der Waals surface area contributed by atoms with Crippen LogP contribution in [0, 0.1) is 5.92 Å². The summed E-state index contributed by atoms with van der Waals surface area (Å²) < 4.78 is 10.6. The molecule has 42 heavy (non-hydrogen) atoms. The molecule has 0 radical (unpaired) electrons. The zero-order chi connectivity index (χ0) is 30.9. The van der Waals surface area contributed by atoms with E-state index < -0.39 is 47.0 Å². The summed E-state index contributed by atoms with van der Waals surface area (Å²) in [5, 5.41) is 8.24. The van der Waals surface area contributed by atoms with Gasteiger partial charge in [-0.3, -0.25) is 14.4 Å². The Labute approximate surface area is 247 Å². The summed E-state index contributed by atoms with van der Waals surface area (Å²) in [5.74, 6) is -1.39. The van der Waals surface area contributed by atoms with Crippen LogP contribution in [0.4, 0.5) is 10.6 Å². The number of ether oxygens (including phenoxy) is 2. The largest absolute Gasteiger partial charge is 0.465 e. The Balaban J connectivity index is 1.77. The molecule has 3 rings (SSSR count). The van der Waals surface area contributed by atoms with E-state index in [1.165, 1.54) is 6.20 Å². The molecule has 0 aliphatic heterocycles. The van der Waals surface area contributed by atoms with E-state index in [0.29, 0.717) is 17.8 Å². The van der Waals surface area contributed by atoms with Crippen LogP contribution < -0.4 is 16.0 Å². The van der Waals surface area contributed by atoms with Gasteiger partial charge in [-0.25, -0.2) is 9.78 Å². The Morgan fingerprint density at radius 2 is 1.69 bits per heavy atom. The van der Waals surface area contributed by atoms with Gasteiger partial charge in [0.05, 0.1) is 6.61 Å². The van der Waals surface area contributed by atoms with Crippen LogP contribution in [0.1, 0.15) is 97.4 Å². The maximum Gasteiger partial charge on any atom is 0.408 e. The number of aromatic amines is 1. The van der Waals surface area contributed by atoms with E-state index in [1.54, 1.807) is 41.5 Å². The molecule has 11 heteroatoms. The number of hydrogen-bond donors (Lipinski definition) is 4. The number of amides is 3. The third kappa shape index (κ3) is 9.60. The van der Waals surface area contributed by atoms with E-state index in [4.69, 9.17) is 9.47 Å². The van der Waals surface area contributed by atoms with Gasteiger partial charge in [0, 0.05) is 6.20 Å². The fourth-order valence-electron chi connectivity index (χ4n) is 4.98. The highest BCUT2D eigenvalue weighted by molar-refractivity contribution is 5.98. The van der Waals surface area contributed by atoms with Crippen molar-refractivity contribution >= 4 is 29.7 Å². The molecule has 1 aromatic heterocycles. The number of imidazole rings is 1. The highest BCUT2D eigenvalue weighted by Gasteiger charge is 2.36. The molecule has 1 aliphatic carbocycles. The van der Waals surface area contributed by atoms with Gasteiger partial charge in [0.25, 0.3) is 0 Å². The molecule has 0 spiro atoms.